The lowest BCUT2D eigenvalue weighted by Gasteiger charge is -2.04. The molecule has 0 aliphatic carbocycles. The number of furan rings is 1. The minimum atomic E-state index is 0.373. The molecule has 0 saturated heterocycles. The third-order valence-corrected chi connectivity index (χ3v) is 2.50. The highest BCUT2D eigenvalue weighted by Crippen LogP contribution is 2.11. The Kier molecular flexibility index (Phi) is 3.49. The van der Waals surface area contributed by atoms with Crippen molar-refractivity contribution in [3.63, 3.8) is 0 Å². The third-order valence-electron chi connectivity index (χ3n) is 2.50. The molecule has 0 aliphatic rings. The first kappa shape index (κ1) is 11.7. The van der Waals surface area contributed by atoms with Crippen molar-refractivity contribution in [2.24, 2.45) is 5.73 Å². The fourth-order valence-electron chi connectivity index (χ4n) is 1.52. The van der Waals surface area contributed by atoms with E-state index in [1.54, 1.807) is 0 Å². The van der Waals surface area contributed by atoms with Gasteiger partial charge in [-0.2, -0.15) is 5.10 Å². The summed E-state index contributed by atoms with van der Waals surface area (Å²) in [5.41, 5.74) is 5.48. The number of hydrogen-bond donors (Lipinski definition) is 2. The van der Waals surface area contributed by atoms with E-state index in [4.69, 9.17) is 10.2 Å². The van der Waals surface area contributed by atoms with E-state index >= 15 is 0 Å². The first-order chi connectivity index (χ1) is 8.19. The fraction of sp³-hybridized carbons (Fsp3) is 0.417. The Labute approximate surface area is 101 Å². The largest absolute Gasteiger partial charge is 0.463 e. The van der Waals surface area contributed by atoms with Crippen LogP contribution in [-0.2, 0) is 13.1 Å². The van der Waals surface area contributed by atoms with Crippen molar-refractivity contribution in [3.8, 4) is 0 Å². The fourth-order valence-corrected chi connectivity index (χ4v) is 1.52. The SMILES string of the molecule is CC(C)n1ccc(NCc2ccc(CN)o2)n1. The van der Waals surface area contributed by atoms with E-state index in [1.807, 2.05) is 29.1 Å². The van der Waals surface area contributed by atoms with E-state index in [2.05, 4.69) is 24.3 Å². The van der Waals surface area contributed by atoms with Crippen molar-refractivity contribution < 1.29 is 4.42 Å². The quantitative estimate of drug-likeness (QED) is 0.831. The minimum absolute atomic E-state index is 0.373. The standard InChI is InChI=1S/C12H18N4O/c1-9(2)16-6-5-12(15-16)14-8-11-4-3-10(7-13)17-11/h3-6,9H,7-8,13H2,1-2H3,(H,14,15). The summed E-state index contributed by atoms with van der Waals surface area (Å²) >= 11 is 0. The molecule has 0 aliphatic heterocycles. The van der Waals surface area contributed by atoms with Crippen LogP contribution in [0.2, 0.25) is 0 Å². The predicted octanol–water partition coefficient (Wildman–Crippen LogP) is 2.13. The molecule has 5 nitrogen and oxygen atoms in total. The molecule has 0 atom stereocenters. The second-order valence-corrected chi connectivity index (χ2v) is 4.20. The summed E-state index contributed by atoms with van der Waals surface area (Å²) in [7, 11) is 0. The Balaban J connectivity index is 1.92. The monoisotopic (exact) mass is 234 g/mol. The topological polar surface area (TPSA) is 69.0 Å². The van der Waals surface area contributed by atoms with Crippen molar-refractivity contribution in [1.29, 1.82) is 0 Å². The van der Waals surface area contributed by atoms with Gasteiger partial charge in [-0.1, -0.05) is 0 Å². The number of nitrogens with two attached hydrogens (primary N) is 1. The maximum atomic E-state index is 5.49. The van der Waals surface area contributed by atoms with Crippen LogP contribution in [-0.4, -0.2) is 9.78 Å². The van der Waals surface area contributed by atoms with E-state index in [0.29, 0.717) is 19.1 Å². The van der Waals surface area contributed by atoms with Gasteiger partial charge in [-0.3, -0.25) is 4.68 Å². The second kappa shape index (κ2) is 5.05. The Morgan fingerprint density at radius 1 is 1.35 bits per heavy atom. The first-order valence-corrected chi connectivity index (χ1v) is 5.75. The van der Waals surface area contributed by atoms with Gasteiger partial charge in [0.05, 0.1) is 13.1 Å². The molecule has 5 heteroatoms. The highest BCUT2D eigenvalue weighted by Gasteiger charge is 2.03. The summed E-state index contributed by atoms with van der Waals surface area (Å²) in [5.74, 6) is 2.52. The number of rotatable bonds is 5. The van der Waals surface area contributed by atoms with Crippen LogP contribution >= 0.6 is 0 Å². The minimum Gasteiger partial charge on any atom is -0.463 e. The molecule has 92 valence electrons. The summed E-state index contributed by atoms with van der Waals surface area (Å²) in [6, 6.07) is 6.14. The molecular formula is C12H18N4O. The van der Waals surface area contributed by atoms with E-state index in [-0.39, 0.29) is 0 Å². The molecule has 17 heavy (non-hydrogen) atoms. The molecule has 0 fully saturated rings. The van der Waals surface area contributed by atoms with Crippen LogP contribution in [0.25, 0.3) is 0 Å². The van der Waals surface area contributed by atoms with Crippen LogP contribution < -0.4 is 11.1 Å². The highest BCUT2D eigenvalue weighted by atomic mass is 16.3. The number of anilines is 1. The predicted molar refractivity (Wildman–Crippen MR) is 66.5 cm³/mol. The lowest BCUT2D eigenvalue weighted by Crippen LogP contribution is -2.03. The van der Waals surface area contributed by atoms with Crippen LogP contribution in [0, 0.1) is 0 Å². The molecule has 3 N–H and O–H groups in total. The molecule has 0 amide bonds. The molecule has 0 aromatic carbocycles. The molecule has 0 unspecified atom stereocenters. The average molecular weight is 234 g/mol. The van der Waals surface area contributed by atoms with Gasteiger partial charge in [-0.05, 0) is 26.0 Å². The van der Waals surface area contributed by atoms with E-state index in [0.717, 1.165) is 17.3 Å². The van der Waals surface area contributed by atoms with Gasteiger partial charge >= 0.3 is 0 Å². The lowest BCUT2D eigenvalue weighted by atomic mass is 10.4. The van der Waals surface area contributed by atoms with Gasteiger partial charge in [0.1, 0.15) is 17.3 Å². The zero-order valence-corrected chi connectivity index (χ0v) is 10.2. The van der Waals surface area contributed by atoms with Crippen LogP contribution in [0.4, 0.5) is 5.82 Å². The Morgan fingerprint density at radius 3 is 2.71 bits per heavy atom. The van der Waals surface area contributed by atoms with E-state index < -0.39 is 0 Å². The summed E-state index contributed by atoms with van der Waals surface area (Å²) in [6.07, 6.45) is 1.96. The highest BCUT2D eigenvalue weighted by molar-refractivity contribution is 5.32. The van der Waals surface area contributed by atoms with Gasteiger partial charge in [0, 0.05) is 18.3 Å². The maximum absolute atomic E-state index is 5.49. The van der Waals surface area contributed by atoms with Gasteiger partial charge in [0.15, 0.2) is 0 Å². The summed E-state index contributed by atoms with van der Waals surface area (Å²) < 4.78 is 7.40. The van der Waals surface area contributed by atoms with Gasteiger partial charge in [0.25, 0.3) is 0 Å². The van der Waals surface area contributed by atoms with Gasteiger partial charge < -0.3 is 15.5 Å². The van der Waals surface area contributed by atoms with Crippen molar-refractivity contribution in [3.05, 3.63) is 35.9 Å². The molecule has 0 bridgehead atoms. The summed E-state index contributed by atoms with van der Waals surface area (Å²) in [6.45, 7) is 5.24. The number of nitrogens with one attached hydrogen (secondary N) is 1. The Hall–Kier alpha value is -1.75. The number of hydrogen-bond acceptors (Lipinski definition) is 4. The summed E-state index contributed by atoms with van der Waals surface area (Å²) in [4.78, 5) is 0. The summed E-state index contributed by atoms with van der Waals surface area (Å²) in [5, 5.41) is 7.60. The smallest absolute Gasteiger partial charge is 0.148 e. The molecule has 0 spiro atoms. The van der Waals surface area contributed by atoms with Crippen molar-refractivity contribution in [1.82, 2.24) is 9.78 Å². The molecule has 2 rings (SSSR count). The van der Waals surface area contributed by atoms with Gasteiger partial charge in [-0.15, -0.1) is 0 Å². The average Bonchev–Trinajstić information content (AvgIpc) is 2.95. The molecule has 0 saturated carbocycles. The van der Waals surface area contributed by atoms with E-state index in [1.165, 1.54) is 0 Å². The van der Waals surface area contributed by atoms with Crippen molar-refractivity contribution in [2.75, 3.05) is 5.32 Å². The number of aromatic nitrogens is 2. The normalized spacial score (nSPS) is 11.1. The zero-order chi connectivity index (χ0) is 12.3. The first-order valence-electron chi connectivity index (χ1n) is 5.75. The van der Waals surface area contributed by atoms with Crippen LogP contribution in [0.15, 0.2) is 28.8 Å². The number of nitrogens with zero attached hydrogens (tertiary/aromatic N) is 2. The molecule has 2 aromatic heterocycles. The Morgan fingerprint density at radius 2 is 2.12 bits per heavy atom. The molecule has 2 aromatic rings. The second-order valence-electron chi connectivity index (χ2n) is 4.20. The Bertz CT molecular complexity index is 472. The molecular weight excluding hydrogens is 216 g/mol. The molecule has 2 heterocycles. The van der Waals surface area contributed by atoms with Crippen molar-refractivity contribution >= 4 is 5.82 Å². The lowest BCUT2D eigenvalue weighted by molar-refractivity contribution is 0.472. The van der Waals surface area contributed by atoms with E-state index in [9.17, 15) is 0 Å². The van der Waals surface area contributed by atoms with Crippen molar-refractivity contribution in [2.45, 2.75) is 33.0 Å². The van der Waals surface area contributed by atoms with Crippen LogP contribution in [0.1, 0.15) is 31.4 Å². The third kappa shape index (κ3) is 2.88. The zero-order valence-electron chi connectivity index (χ0n) is 10.2. The van der Waals surface area contributed by atoms with Crippen LogP contribution in [0.3, 0.4) is 0 Å². The maximum Gasteiger partial charge on any atom is 0.148 e. The van der Waals surface area contributed by atoms with Gasteiger partial charge in [-0.25, -0.2) is 0 Å². The molecule has 0 radical (unpaired) electrons. The van der Waals surface area contributed by atoms with Gasteiger partial charge in [0.2, 0.25) is 0 Å². The van der Waals surface area contributed by atoms with Crippen LogP contribution in [0.5, 0.6) is 0 Å².